The van der Waals surface area contributed by atoms with Gasteiger partial charge in [-0.1, -0.05) is 37.3 Å². The monoisotopic (exact) mass is 162 g/mol. The predicted octanol–water partition coefficient (Wildman–Crippen LogP) is 2.45. The Morgan fingerprint density at radius 1 is 1.33 bits per heavy atom. The van der Waals surface area contributed by atoms with Crippen LogP contribution in [0.5, 0.6) is 0 Å². The SMILES string of the molecule is C[C@@H](C=O)CCc1ccccc1. The second kappa shape index (κ2) is 4.70. The number of hydrogen-bond acceptors (Lipinski definition) is 1. The first-order valence-electron chi connectivity index (χ1n) is 4.32. The average Bonchev–Trinajstić information content (AvgIpc) is 2.16. The Labute approximate surface area is 73.4 Å². The van der Waals surface area contributed by atoms with Gasteiger partial charge in [0, 0.05) is 5.92 Å². The average molecular weight is 162 g/mol. The van der Waals surface area contributed by atoms with Crippen molar-refractivity contribution in [2.75, 3.05) is 0 Å². The highest BCUT2D eigenvalue weighted by Crippen LogP contribution is 2.06. The van der Waals surface area contributed by atoms with Crippen molar-refractivity contribution in [2.45, 2.75) is 19.8 Å². The Hall–Kier alpha value is -1.11. The van der Waals surface area contributed by atoms with Gasteiger partial charge < -0.3 is 4.79 Å². The highest BCUT2D eigenvalue weighted by Gasteiger charge is 1.99. The van der Waals surface area contributed by atoms with Gasteiger partial charge in [0.05, 0.1) is 0 Å². The Bertz CT molecular complexity index is 228. The van der Waals surface area contributed by atoms with Crippen LogP contribution in [-0.2, 0) is 11.2 Å². The molecule has 1 aromatic rings. The van der Waals surface area contributed by atoms with Crippen molar-refractivity contribution in [3.05, 3.63) is 35.9 Å². The van der Waals surface area contributed by atoms with E-state index in [1.807, 2.05) is 25.1 Å². The van der Waals surface area contributed by atoms with Crippen LogP contribution in [0, 0.1) is 5.92 Å². The normalized spacial score (nSPS) is 12.4. The second-order valence-corrected chi connectivity index (χ2v) is 3.14. The Balaban J connectivity index is 2.38. The van der Waals surface area contributed by atoms with E-state index in [0.29, 0.717) is 0 Å². The van der Waals surface area contributed by atoms with E-state index in [9.17, 15) is 4.79 Å². The molecule has 0 saturated heterocycles. The van der Waals surface area contributed by atoms with Gasteiger partial charge in [-0.15, -0.1) is 0 Å². The summed E-state index contributed by atoms with van der Waals surface area (Å²) < 4.78 is 0. The van der Waals surface area contributed by atoms with Gasteiger partial charge in [-0.25, -0.2) is 0 Å². The summed E-state index contributed by atoms with van der Waals surface area (Å²) in [7, 11) is 0. The zero-order chi connectivity index (χ0) is 8.81. The van der Waals surface area contributed by atoms with Crippen molar-refractivity contribution in [3.63, 3.8) is 0 Å². The van der Waals surface area contributed by atoms with Crippen LogP contribution in [0.25, 0.3) is 0 Å². The Morgan fingerprint density at radius 3 is 2.58 bits per heavy atom. The van der Waals surface area contributed by atoms with E-state index in [4.69, 9.17) is 0 Å². The van der Waals surface area contributed by atoms with Gasteiger partial charge in [-0.05, 0) is 18.4 Å². The molecule has 0 amide bonds. The summed E-state index contributed by atoms with van der Waals surface area (Å²) in [5.74, 6) is 0.185. The van der Waals surface area contributed by atoms with Crippen LogP contribution in [-0.4, -0.2) is 6.29 Å². The molecule has 0 aliphatic carbocycles. The molecule has 0 aliphatic heterocycles. The van der Waals surface area contributed by atoms with Crippen LogP contribution in [0.1, 0.15) is 18.9 Å². The minimum Gasteiger partial charge on any atom is -0.303 e. The van der Waals surface area contributed by atoms with Gasteiger partial charge in [0.25, 0.3) is 0 Å². The number of benzene rings is 1. The van der Waals surface area contributed by atoms with Gasteiger partial charge >= 0.3 is 0 Å². The molecule has 1 atom stereocenters. The highest BCUT2D eigenvalue weighted by atomic mass is 16.1. The molecule has 12 heavy (non-hydrogen) atoms. The maximum absolute atomic E-state index is 10.3. The van der Waals surface area contributed by atoms with Crippen molar-refractivity contribution < 1.29 is 4.79 Å². The molecule has 0 unspecified atom stereocenters. The first-order valence-corrected chi connectivity index (χ1v) is 4.32. The maximum Gasteiger partial charge on any atom is 0.122 e. The van der Waals surface area contributed by atoms with E-state index in [1.165, 1.54) is 5.56 Å². The lowest BCUT2D eigenvalue weighted by Gasteiger charge is -2.02. The number of carbonyl (C=O) groups is 1. The molecule has 64 valence electrons. The van der Waals surface area contributed by atoms with E-state index >= 15 is 0 Å². The van der Waals surface area contributed by atoms with E-state index < -0.39 is 0 Å². The summed E-state index contributed by atoms with van der Waals surface area (Å²) in [4.78, 5) is 10.3. The minimum atomic E-state index is 0.185. The summed E-state index contributed by atoms with van der Waals surface area (Å²) in [6.45, 7) is 1.95. The fourth-order valence-corrected chi connectivity index (χ4v) is 1.11. The third-order valence-electron chi connectivity index (χ3n) is 1.96. The van der Waals surface area contributed by atoms with Crippen molar-refractivity contribution in [1.29, 1.82) is 0 Å². The molecule has 1 heteroatoms. The fraction of sp³-hybridized carbons (Fsp3) is 0.364. The number of hydrogen-bond donors (Lipinski definition) is 0. The molecular formula is C11H14O. The Kier molecular flexibility index (Phi) is 3.52. The van der Waals surface area contributed by atoms with Crippen molar-refractivity contribution in [2.24, 2.45) is 5.92 Å². The predicted molar refractivity (Wildman–Crippen MR) is 50.0 cm³/mol. The third-order valence-corrected chi connectivity index (χ3v) is 1.96. The first-order chi connectivity index (χ1) is 5.83. The van der Waals surface area contributed by atoms with Crippen molar-refractivity contribution >= 4 is 6.29 Å². The first kappa shape index (κ1) is 8.98. The van der Waals surface area contributed by atoms with Gasteiger partial charge in [0.15, 0.2) is 0 Å². The van der Waals surface area contributed by atoms with Crippen LogP contribution in [0.15, 0.2) is 30.3 Å². The second-order valence-electron chi connectivity index (χ2n) is 3.14. The molecule has 0 aliphatic rings. The largest absolute Gasteiger partial charge is 0.303 e. The molecule has 0 saturated carbocycles. The summed E-state index contributed by atoms with van der Waals surface area (Å²) in [6.07, 6.45) is 2.97. The summed E-state index contributed by atoms with van der Waals surface area (Å²) >= 11 is 0. The van der Waals surface area contributed by atoms with Crippen LogP contribution in [0.2, 0.25) is 0 Å². The van der Waals surface area contributed by atoms with E-state index in [-0.39, 0.29) is 5.92 Å². The van der Waals surface area contributed by atoms with Crippen LogP contribution in [0.3, 0.4) is 0 Å². The molecule has 0 radical (unpaired) electrons. The molecule has 0 N–H and O–H groups in total. The van der Waals surface area contributed by atoms with Crippen LogP contribution in [0.4, 0.5) is 0 Å². The lowest BCUT2D eigenvalue weighted by Crippen LogP contribution is -1.97. The smallest absolute Gasteiger partial charge is 0.122 e. The number of rotatable bonds is 4. The number of aldehydes is 1. The molecule has 1 aromatic carbocycles. The Morgan fingerprint density at radius 2 is 2.00 bits per heavy atom. The summed E-state index contributed by atoms with van der Waals surface area (Å²) in [5.41, 5.74) is 1.31. The van der Waals surface area contributed by atoms with Gasteiger partial charge in [0.1, 0.15) is 6.29 Å². The van der Waals surface area contributed by atoms with E-state index in [1.54, 1.807) is 0 Å². The molecular weight excluding hydrogens is 148 g/mol. The minimum absolute atomic E-state index is 0.185. The third kappa shape index (κ3) is 2.87. The lowest BCUT2D eigenvalue weighted by molar-refractivity contribution is -0.110. The summed E-state index contributed by atoms with van der Waals surface area (Å²) in [5, 5.41) is 0. The fourth-order valence-electron chi connectivity index (χ4n) is 1.11. The molecule has 0 spiro atoms. The van der Waals surface area contributed by atoms with E-state index in [0.717, 1.165) is 19.1 Å². The zero-order valence-corrected chi connectivity index (χ0v) is 7.36. The van der Waals surface area contributed by atoms with E-state index in [2.05, 4.69) is 12.1 Å². The molecule has 0 fully saturated rings. The number of carbonyl (C=O) groups excluding carboxylic acids is 1. The van der Waals surface area contributed by atoms with Crippen molar-refractivity contribution in [1.82, 2.24) is 0 Å². The topological polar surface area (TPSA) is 17.1 Å². The van der Waals surface area contributed by atoms with Crippen molar-refractivity contribution in [3.8, 4) is 0 Å². The quantitative estimate of drug-likeness (QED) is 0.621. The number of aryl methyl sites for hydroxylation is 1. The van der Waals surface area contributed by atoms with Gasteiger partial charge in [-0.2, -0.15) is 0 Å². The molecule has 0 heterocycles. The van der Waals surface area contributed by atoms with Gasteiger partial charge in [-0.3, -0.25) is 0 Å². The molecule has 0 aromatic heterocycles. The lowest BCUT2D eigenvalue weighted by atomic mass is 10.0. The van der Waals surface area contributed by atoms with Crippen LogP contribution >= 0.6 is 0 Å². The summed E-state index contributed by atoms with van der Waals surface area (Å²) in [6, 6.07) is 10.3. The van der Waals surface area contributed by atoms with Gasteiger partial charge in [0.2, 0.25) is 0 Å². The zero-order valence-electron chi connectivity index (χ0n) is 7.36. The molecule has 1 rings (SSSR count). The molecule has 1 nitrogen and oxygen atoms in total. The van der Waals surface area contributed by atoms with Crippen LogP contribution < -0.4 is 0 Å². The maximum atomic E-state index is 10.3. The molecule has 0 bridgehead atoms. The standard InChI is InChI=1S/C11H14O/c1-10(9-12)7-8-11-5-3-2-4-6-11/h2-6,9-10H,7-8H2,1H3/t10-/m1/s1. The highest BCUT2D eigenvalue weighted by molar-refractivity contribution is 5.52.